The number of carbonyl (C=O) groups excluding carboxylic acids is 1. The molecule has 1 amide bonds. The van der Waals surface area contributed by atoms with Crippen molar-refractivity contribution in [2.24, 2.45) is 0 Å². The molecule has 0 saturated carbocycles. The molecule has 1 saturated heterocycles. The number of carboxylic acid groups (broad SMARTS) is 1. The highest BCUT2D eigenvalue weighted by atomic mass is 32.2. The molecule has 3 rings (SSSR count). The predicted molar refractivity (Wildman–Crippen MR) is 97.5 cm³/mol. The van der Waals surface area contributed by atoms with Crippen LogP contribution in [0.4, 0.5) is 11.5 Å². The standard InChI is InChI=1S/C16H17N5O5S/c22-15(11-3-1-2-4-12(11)19-27(25)26)21-9-7-20(8-10-21)14-6-5-13(16(23)24)17-18-14/h1-6,27H,7-10H2,(H,23,24)(H,19,25,26). The Morgan fingerprint density at radius 3 is 2.30 bits per heavy atom. The summed E-state index contributed by atoms with van der Waals surface area (Å²) < 4.78 is 24.1. The Bertz CT molecular complexity index is 915. The Morgan fingerprint density at radius 1 is 1.00 bits per heavy atom. The maximum absolute atomic E-state index is 12.7. The van der Waals surface area contributed by atoms with Crippen molar-refractivity contribution in [2.75, 3.05) is 35.8 Å². The number of hydrogen-bond donors (Lipinski definition) is 3. The maximum atomic E-state index is 12.7. The number of carbonyl (C=O) groups is 2. The summed E-state index contributed by atoms with van der Waals surface area (Å²) in [5.74, 6) is -0.865. The van der Waals surface area contributed by atoms with Crippen LogP contribution in [-0.4, -0.2) is 66.7 Å². The van der Waals surface area contributed by atoms with E-state index in [4.69, 9.17) is 5.11 Å². The number of aromatic nitrogens is 2. The van der Waals surface area contributed by atoms with Crippen LogP contribution in [0.3, 0.4) is 0 Å². The van der Waals surface area contributed by atoms with E-state index in [1.165, 1.54) is 12.1 Å². The molecule has 0 aliphatic carbocycles. The third-order valence-corrected chi connectivity index (χ3v) is 4.55. The summed E-state index contributed by atoms with van der Waals surface area (Å²) >= 11 is 0. The van der Waals surface area contributed by atoms with Gasteiger partial charge >= 0.3 is 5.97 Å². The SMILES string of the molecule is O=C(O)c1ccc(N2CCN(C(=O)c3ccccc3N[SH](=O)=O)CC2)nn1. The highest BCUT2D eigenvalue weighted by molar-refractivity contribution is 7.73. The topological polar surface area (TPSA) is 133 Å². The van der Waals surface area contributed by atoms with E-state index in [0.29, 0.717) is 32.0 Å². The van der Waals surface area contributed by atoms with Crippen molar-refractivity contribution in [3.8, 4) is 0 Å². The molecule has 142 valence electrons. The normalized spacial score (nSPS) is 14.3. The fraction of sp³-hybridized carbons (Fsp3) is 0.250. The average Bonchev–Trinajstić information content (AvgIpc) is 2.68. The van der Waals surface area contributed by atoms with Gasteiger partial charge in [-0.05, 0) is 24.3 Å². The van der Waals surface area contributed by atoms with Gasteiger partial charge in [0.25, 0.3) is 5.91 Å². The number of anilines is 2. The van der Waals surface area contributed by atoms with Gasteiger partial charge in [0.2, 0.25) is 10.9 Å². The highest BCUT2D eigenvalue weighted by Gasteiger charge is 2.24. The average molecular weight is 391 g/mol. The second kappa shape index (κ2) is 7.99. The molecule has 1 aliphatic heterocycles. The van der Waals surface area contributed by atoms with Gasteiger partial charge in [-0.2, -0.15) is 0 Å². The Balaban J connectivity index is 1.67. The van der Waals surface area contributed by atoms with Crippen LogP contribution >= 0.6 is 0 Å². The molecule has 0 radical (unpaired) electrons. The van der Waals surface area contributed by atoms with Crippen molar-refractivity contribution >= 4 is 34.3 Å². The van der Waals surface area contributed by atoms with E-state index in [2.05, 4.69) is 14.9 Å². The van der Waals surface area contributed by atoms with Gasteiger partial charge in [-0.25, -0.2) is 13.2 Å². The second-order valence-electron chi connectivity index (χ2n) is 5.78. The predicted octanol–water partition coefficient (Wildman–Crippen LogP) is 0.0755. The van der Waals surface area contributed by atoms with Crippen molar-refractivity contribution in [1.29, 1.82) is 0 Å². The van der Waals surface area contributed by atoms with Crippen LogP contribution in [0.2, 0.25) is 0 Å². The number of aromatic carboxylic acids is 1. The van der Waals surface area contributed by atoms with Gasteiger partial charge < -0.3 is 14.9 Å². The molecule has 0 atom stereocenters. The quantitative estimate of drug-likeness (QED) is 0.610. The zero-order chi connectivity index (χ0) is 19.4. The number of nitrogens with zero attached hydrogens (tertiary/aromatic N) is 4. The number of rotatable bonds is 5. The summed E-state index contributed by atoms with van der Waals surface area (Å²) in [6.45, 7) is 1.83. The minimum Gasteiger partial charge on any atom is -0.476 e. The van der Waals surface area contributed by atoms with E-state index in [1.807, 2.05) is 4.90 Å². The molecule has 2 heterocycles. The second-order valence-corrected chi connectivity index (χ2v) is 6.51. The highest BCUT2D eigenvalue weighted by Crippen LogP contribution is 2.19. The third kappa shape index (κ3) is 4.31. The monoisotopic (exact) mass is 391 g/mol. The van der Waals surface area contributed by atoms with Crippen LogP contribution in [0.1, 0.15) is 20.8 Å². The molecule has 1 aliphatic rings. The van der Waals surface area contributed by atoms with Crippen LogP contribution in [0.5, 0.6) is 0 Å². The number of nitrogens with one attached hydrogen (secondary N) is 1. The van der Waals surface area contributed by atoms with Gasteiger partial charge in [-0.3, -0.25) is 9.52 Å². The fourth-order valence-corrected chi connectivity index (χ4v) is 3.17. The summed E-state index contributed by atoms with van der Waals surface area (Å²) in [7, 11) is -2.87. The van der Waals surface area contributed by atoms with Crippen molar-refractivity contribution in [2.45, 2.75) is 0 Å². The van der Waals surface area contributed by atoms with Crippen LogP contribution in [0.25, 0.3) is 0 Å². The van der Waals surface area contributed by atoms with Gasteiger partial charge in [0.05, 0.1) is 11.3 Å². The Morgan fingerprint density at radius 2 is 1.70 bits per heavy atom. The van der Waals surface area contributed by atoms with Gasteiger partial charge in [-0.1, -0.05) is 12.1 Å². The maximum Gasteiger partial charge on any atom is 0.356 e. The van der Waals surface area contributed by atoms with Gasteiger partial charge in [0.15, 0.2) is 11.5 Å². The van der Waals surface area contributed by atoms with E-state index in [-0.39, 0.29) is 22.9 Å². The molecular formula is C16H17N5O5S. The number of hydrogen-bond acceptors (Lipinski definition) is 7. The fourth-order valence-electron chi connectivity index (χ4n) is 2.78. The molecular weight excluding hydrogens is 374 g/mol. The lowest BCUT2D eigenvalue weighted by Gasteiger charge is -2.35. The first kappa shape index (κ1) is 18.6. The van der Waals surface area contributed by atoms with Gasteiger partial charge in [0.1, 0.15) is 0 Å². The Labute approximate surface area is 156 Å². The molecule has 1 aromatic heterocycles. The summed E-state index contributed by atoms with van der Waals surface area (Å²) in [6.07, 6.45) is 0. The lowest BCUT2D eigenvalue weighted by Crippen LogP contribution is -2.49. The molecule has 27 heavy (non-hydrogen) atoms. The van der Waals surface area contributed by atoms with Crippen molar-refractivity contribution in [3.63, 3.8) is 0 Å². The lowest BCUT2D eigenvalue weighted by molar-refractivity contribution is 0.0687. The molecule has 2 N–H and O–H groups in total. The van der Waals surface area contributed by atoms with Crippen LogP contribution in [0.15, 0.2) is 36.4 Å². The molecule has 1 aromatic carbocycles. The molecule has 0 unspecified atom stereocenters. The molecule has 11 heteroatoms. The van der Waals surface area contributed by atoms with E-state index >= 15 is 0 Å². The van der Waals surface area contributed by atoms with E-state index < -0.39 is 16.9 Å². The number of benzene rings is 1. The van der Waals surface area contributed by atoms with E-state index in [0.717, 1.165) is 0 Å². The number of piperazine rings is 1. The number of para-hydroxylation sites is 1. The minimum atomic E-state index is -2.87. The first-order chi connectivity index (χ1) is 13.0. The summed E-state index contributed by atoms with van der Waals surface area (Å²) in [4.78, 5) is 27.1. The van der Waals surface area contributed by atoms with Crippen molar-refractivity contribution in [3.05, 3.63) is 47.7 Å². The molecule has 2 aromatic rings. The summed E-state index contributed by atoms with van der Waals surface area (Å²) in [5, 5.41) is 16.4. The van der Waals surface area contributed by atoms with Crippen molar-refractivity contribution < 1.29 is 23.1 Å². The zero-order valence-corrected chi connectivity index (χ0v) is 15.0. The first-order valence-corrected chi connectivity index (χ1v) is 9.25. The first-order valence-electron chi connectivity index (χ1n) is 8.07. The molecule has 1 fully saturated rings. The zero-order valence-electron chi connectivity index (χ0n) is 14.1. The van der Waals surface area contributed by atoms with Crippen LogP contribution in [-0.2, 0) is 10.9 Å². The summed E-state index contributed by atoms with van der Waals surface area (Å²) in [5.41, 5.74) is 0.403. The Kier molecular flexibility index (Phi) is 5.50. The molecule has 0 bridgehead atoms. The molecule has 0 spiro atoms. The largest absolute Gasteiger partial charge is 0.476 e. The van der Waals surface area contributed by atoms with E-state index in [9.17, 15) is 18.0 Å². The van der Waals surface area contributed by atoms with Crippen molar-refractivity contribution in [1.82, 2.24) is 15.1 Å². The van der Waals surface area contributed by atoms with Gasteiger partial charge in [0, 0.05) is 26.2 Å². The Hall–Kier alpha value is -3.21. The van der Waals surface area contributed by atoms with Crippen LogP contribution in [0, 0.1) is 0 Å². The van der Waals surface area contributed by atoms with Crippen LogP contribution < -0.4 is 9.62 Å². The summed E-state index contributed by atoms with van der Waals surface area (Å²) in [6, 6.07) is 9.40. The lowest BCUT2D eigenvalue weighted by atomic mass is 10.1. The minimum absolute atomic E-state index is 0.131. The van der Waals surface area contributed by atoms with Gasteiger partial charge in [-0.15, -0.1) is 10.2 Å². The van der Waals surface area contributed by atoms with E-state index in [1.54, 1.807) is 29.2 Å². The number of thiol groups is 1. The number of carboxylic acids is 1. The third-order valence-electron chi connectivity index (χ3n) is 4.13. The number of amides is 1. The smallest absolute Gasteiger partial charge is 0.356 e. The molecule has 10 nitrogen and oxygen atoms in total.